The van der Waals surface area contributed by atoms with Gasteiger partial charge < -0.3 is 30.9 Å². The van der Waals surface area contributed by atoms with E-state index in [1.54, 1.807) is 71.9 Å². The smallest absolute Gasteiger partial charge is 0.408 e. The van der Waals surface area contributed by atoms with Crippen molar-refractivity contribution in [2.45, 2.75) is 90.1 Å². The molecule has 3 unspecified atom stereocenters. The van der Waals surface area contributed by atoms with E-state index >= 15 is 0 Å². The molecule has 2 aromatic carbocycles. The van der Waals surface area contributed by atoms with Gasteiger partial charge in [0.1, 0.15) is 35.1 Å². The summed E-state index contributed by atoms with van der Waals surface area (Å²) in [6, 6.07) is 12.4. The van der Waals surface area contributed by atoms with Crippen LogP contribution in [0.25, 0.3) is 0 Å². The topological polar surface area (TPSA) is 177 Å². The average Bonchev–Trinajstić information content (AvgIpc) is 2.91. The number of carbonyl (C=O) groups excluding carboxylic acids is 5. The number of rotatable bonds is 12. The highest BCUT2D eigenvalue weighted by atomic mass is 16.6. The maximum Gasteiger partial charge on any atom is 0.408 e. The van der Waals surface area contributed by atoms with E-state index in [9.17, 15) is 29.1 Å². The number of amides is 4. The Morgan fingerprint density at radius 1 is 0.911 bits per heavy atom. The van der Waals surface area contributed by atoms with Crippen LogP contribution in [0.4, 0.5) is 4.79 Å². The molecule has 0 heterocycles. The maximum absolute atomic E-state index is 14.1. The molecule has 12 heteroatoms. The molecule has 0 saturated heterocycles. The highest BCUT2D eigenvalue weighted by molar-refractivity contribution is 5.95. The second-order valence-electron chi connectivity index (χ2n) is 12.3. The summed E-state index contributed by atoms with van der Waals surface area (Å²) >= 11 is 0. The molecule has 0 saturated carbocycles. The van der Waals surface area contributed by atoms with Gasteiger partial charge in [-0.05, 0) is 71.2 Å². The van der Waals surface area contributed by atoms with Gasteiger partial charge in [-0.15, -0.1) is 0 Å². The molecule has 5 N–H and O–H groups in total. The molecule has 0 aliphatic carbocycles. The van der Waals surface area contributed by atoms with E-state index in [-0.39, 0.29) is 30.6 Å². The number of nitrogens with zero attached hydrogens (tertiary/aromatic N) is 1. The van der Waals surface area contributed by atoms with Gasteiger partial charge >= 0.3 is 12.1 Å². The Balaban J connectivity index is 2.55. The first-order chi connectivity index (χ1) is 20.9. The summed E-state index contributed by atoms with van der Waals surface area (Å²) in [4.78, 5) is 66.2. The van der Waals surface area contributed by atoms with Gasteiger partial charge in [0.05, 0.1) is 0 Å². The van der Waals surface area contributed by atoms with E-state index in [4.69, 9.17) is 21.6 Å². The number of benzene rings is 2. The molecule has 242 valence electrons. The number of phenols is 1. The minimum atomic E-state index is -1.59. The number of hydrogen-bond acceptors (Lipinski definition) is 8. The Labute approximate surface area is 263 Å². The average molecular weight is 623 g/mol. The van der Waals surface area contributed by atoms with Crippen molar-refractivity contribution >= 4 is 29.8 Å². The van der Waals surface area contributed by atoms with Crippen LogP contribution in [-0.2, 0) is 35.1 Å². The molecule has 2 rings (SSSR count). The zero-order valence-corrected chi connectivity index (χ0v) is 26.5. The lowest BCUT2D eigenvalue weighted by atomic mass is 10.0. The minimum absolute atomic E-state index is 0.0552. The van der Waals surface area contributed by atoms with E-state index in [0.717, 1.165) is 10.5 Å². The lowest BCUT2D eigenvalue weighted by molar-refractivity contribution is -0.159. The lowest BCUT2D eigenvalue weighted by Gasteiger charge is -2.31. The second kappa shape index (κ2) is 15.6. The quantitative estimate of drug-likeness (QED) is 0.159. The number of nitrogens with one attached hydrogen (secondary N) is 2. The molecule has 3 atom stereocenters. The summed E-state index contributed by atoms with van der Waals surface area (Å²) < 4.78 is 10.8. The zero-order valence-electron chi connectivity index (χ0n) is 26.5. The highest BCUT2D eigenvalue weighted by Gasteiger charge is 2.38. The SMILES string of the molecule is C#CN(C(=O)C(CCC(N)=O)NC(=O)OC(C)(C)C)C(C(=O)NC(Cc1ccccc1)C(=O)OC(C)(C)C)c1cccc(O)c1. The molecular weight excluding hydrogens is 580 g/mol. The van der Waals surface area contributed by atoms with Crippen LogP contribution in [0.1, 0.15) is 71.6 Å². The van der Waals surface area contributed by atoms with E-state index < -0.39 is 59.1 Å². The number of carbonyl (C=O) groups is 5. The summed E-state index contributed by atoms with van der Waals surface area (Å²) in [6.07, 6.45) is 4.33. The van der Waals surface area contributed by atoms with Crippen molar-refractivity contribution in [3.05, 3.63) is 65.7 Å². The third kappa shape index (κ3) is 12.2. The lowest BCUT2D eigenvalue weighted by Crippen LogP contribution is -2.53. The molecule has 0 bridgehead atoms. The summed E-state index contributed by atoms with van der Waals surface area (Å²) in [6.45, 7) is 9.93. The number of alkyl carbamates (subject to hydrolysis) is 1. The van der Waals surface area contributed by atoms with Gasteiger partial charge in [0.15, 0.2) is 0 Å². The van der Waals surface area contributed by atoms with Crippen LogP contribution in [-0.4, -0.2) is 63.1 Å². The monoisotopic (exact) mass is 622 g/mol. The largest absolute Gasteiger partial charge is 0.508 e. The normalized spacial score (nSPS) is 13.3. The zero-order chi connectivity index (χ0) is 33.9. The number of terminal acetylenes is 1. The number of nitrogens with two attached hydrogens (primary N) is 1. The first kappa shape index (κ1) is 36.1. The van der Waals surface area contributed by atoms with E-state index in [2.05, 4.69) is 16.7 Å². The van der Waals surface area contributed by atoms with Crippen molar-refractivity contribution in [3.63, 3.8) is 0 Å². The molecule has 2 aromatic rings. The second-order valence-corrected chi connectivity index (χ2v) is 12.3. The Morgan fingerprint density at radius 3 is 2.07 bits per heavy atom. The number of hydrogen-bond donors (Lipinski definition) is 4. The summed E-state index contributed by atoms with van der Waals surface area (Å²) in [5, 5.41) is 15.3. The summed E-state index contributed by atoms with van der Waals surface area (Å²) in [7, 11) is 0. The minimum Gasteiger partial charge on any atom is -0.508 e. The number of aromatic hydroxyl groups is 1. The summed E-state index contributed by atoms with van der Waals surface area (Å²) in [5.74, 6) is -3.50. The van der Waals surface area contributed by atoms with Gasteiger partial charge in [-0.25, -0.2) is 9.59 Å². The van der Waals surface area contributed by atoms with Crippen molar-refractivity contribution in [2.24, 2.45) is 5.73 Å². The van der Waals surface area contributed by atoms with Gasteiger partial charge in [0.2, 0.25) is 11.8 Å². The third-order valence-electron chi connectivity index (χ3n) is 6.03. The van der Waals surface area contributed by atoms with Gasteiger partial charge in [-0.2, -0.15) is 0 Å². The number of ether oxygens (including phenoxy) is 2. The maximum atomic E-state index is 14.1. The third-order valence-corrected chi connectivity index (χ3v) is 6.03. The van der Waals surface area contributed by atoms with Crippen LogP contribution in [0.2, 0.25) is 0 Å². The van der Waals surface area contributed by atoms with Gasteiger partial charge in [-0.3, -0.25) is 19.3 Å². The highest BCUT2D eigenvalue weighted by Crippen LogP contribution is 2.26. The van der Waals surface area contributed by atoms with Crippen LogP contribution in [0.15, 0.2) is 54.6 Å². The van der Waals surface area contributed by atoms with E-state index in [1.165, 1.54) is 24.3 Å². The molecule has 0 aromatic heterocycles. The number of phenolic OH excluding ortho intramolecular Hbond substituents is 1. The predicted molar refractivity (Wildman–Crippen MR) is 166 cm³/mol. The molecule has 12 nitrogen and oxygen atoms in total. The van der Waals surface area contributed by atoms with Crippen molar-refractivity contribution in [3.8, 4) is 18.2 Å². The van der Waals surface area contributed by atoms with E-state index in [1.807, 2.05) is 0 Å². The van der Waals surface area contributed by atoms with Crippen LogP contribution in [0.5, 0.6) is 5.75 Å². The van der Waals surface area contributed by atoms with Crippen LogP contribution in [0, 0.1) is 12.5 Å². The first-order valence-corrected chi connectivity index (χ1v) is 14.3. The molecule has 0 aliphatic heterocycles. The fraction of sp³-hybridized carbons (Fsp3) is 0.424. The molecule has 0 spiro atoms. The van der Waals surface area contributed by atoms with Crippen molar-refractivity contribution in [2.75, 3.05) is 0 Å². The molecule has 45 heavy (non-hydrogen) atoms. The molecule has 4 amide bonds. The Kier molecular flexibility index (Phi) is 12.5. The molecule has 0 radical (unpaired) electrons. The first-order valence-electron chi connectivity index (χ1n) is 14.3. The molecular formula is C33H42N4O8. The van der Waals surface area contributed by atoms with Gasteiger partial charge in [0, 0.05) is 18.9 Å². The Hall–Kier alpha value is -5.05. The van der Waals surface area contributed by atoms with Crippen molar-refractivity contribution < 1.29 is 38.6 Å². The predicted octanol–water partition coefficient (Wildman–Crippen LogP) is 3.08. The number of esters is 1. The number of primary amides is 1. The fourth-order valence-electron chi connectivity index (χ4n) is 4.21. The molecule has 0 fully saturated rings. The van der Waals surface area contributed by atoms with Gasteiger partial charge in [-0.1, -0.05) is 48.9 Å². The van der Waals surface area contributed by atoms with Crippen LogP contribution in [0.3, 0.4) is 0 Å². The fourth-order valence-corrected chi connectivity index (χ4v) is 4.21. The standard InChI is InChI=1S/C33H42N4O8/c1-8-37(29(41)24(17-18-26(34)39)36-31(43)45-33(5,6)7)27(22-15-12-16-23(38)20-22)28(40)35-25(30(42)44-32(2,3)4)19-21-13-10-9-11-14-21/h1,9-16,20,24-25,27,38H,17-19H2,2-7H3,(H2,34,39)(H,35,40)(H,36,43). The van der Waals surface area contributed by atoms with Crippen molar-refractivity contribution in [1.82, 2.24) is 15.5 Å². The molecule has 0 aliphatic rings. The van der Waals surface area contributed by atoms with E-state index in [0.29, 0.717) is 0 Å². The Morgan fingerprint density at radius 2 is 1.53 bits per heavy atom. The van der Waals surface area contributed by atoms with Crippen LogP contribution < -0.4 is 16.4 Å². The van der Waals surface area contributed by atoms with Crippen LogP contribution >= 0.6 is 0 Å². The Bertz CT molecular complexity index is 1410. The summed E-state index contributed by atoms with van der Waals surface area (Å²) in [5.41, 5.74) is 4.35. The van der Waals surface area contributed by atoms with Gasteiger partial charge in [0.25, 0.3) is 5.91 Å². The van der Waals surface area contributed by atoms with Crippen molar-refractivity contribution in [1.29, 1.82) is 0 Å².